The number of piperidine rings is 1. The number of aromatic hydroxyl groups is 1. The minimum absolute atomic E-state index is 0. The van der Waals surface area contributed by atoms with Gasteiger partial charge in [0.25, 0.3) is 0 Å². The molecule has 8 heteroatoms. The van der Waals surface area contributed by atoms with E-state index in [-0.39, 0.29) is 18.2 Å². The van der Waals surface area contributed by atoms with E-state index in [2.05, 4.69) is 29.1 Å². The van der Waals surface area contributed by atoms with Gasteiger partial charge in [-0.05, 0) is 76.2 Å². The van der Waals surface area contributed by atoms with Crippen LogP contribution in [0.25, 0.3) is 33.1 Å². The molecule has 0 radical (unpaired) electrons. The van der Waals surface area contributed by atoms with Crippen molar-refractivity contribution in [1.29, 1.82) is 0 Å². The summed E-state index contributed by atoms with van der Waals surface area (Å²) < 4.78 is 12.2. The number of likely N-dealkylation sites (tertiary alicyclic amines) is 1. The van der Waals surface area contributed by atoms with Gasteiger partial charge in [-0.15, -0.1) is 12.4 Å². The van der Waals surface area contributed by atoms with E-state index in [1.807, 2.05) is 24.4 Å². The largest absolute Gasteiger partial charge is 0.508 e. The van der Waals surface area contributed by atoms with Crippen LogP contribution in [-0.4, -0.2) is 59.0 Å². The smallest absolute Gasteiger partial charge is 0.164 e. The Morgan fingerprint density at radius 3 is 2.58 bits per heavy atom. The first kappa shape index (κ1) is 23.1. The molecule has 5 rings (SSSR count). The Morgan fingerprint density at radius 2 is 1.88 bits per heavy atom. The van der Waals surface area contributed by atoms with E-state index in [9.17, 15) is 5.11 Å². The van der Waals surface area contributed by atoms with Crippen LogP contribution in [0.2, 0.25) is 0 Å². The summed E-state index contributed by atoms with van der Waals surface area (Å²) in [5, 5.41) is 19.9. The third kappa shape index (κ3) is 4.30. The van der Waals surface area contributed by atoms with Crippen molar-refractivity contribution in [3.8, 4) is 28.5 Å². The first-order valence-electron chi connectivity index (χ1n) is 11.0. The minimum atomic E-state index is 0. The molecule has 1 saturated heterocycles. The van der Waals surface area contributed by atoms with Crippen molar-refractivity contribution in [3.05, 3.63) is 42.1 Å². The maximum atomic E-state index is 9.72. The van der Waals surface area contributed by atoms with Crippen LogP contribution in [-0.2, 0) is 0 Å². The molecule has 0 aliphatic carbocycles. The molecule has 2 N–H and O–H groups in total. The first-order valence-corrected chi connectivity index (χ1v) is 11.0. The van der Waals surface area contributed by atoms with E-state index < -0.39 is 0 Å². The minimum Gasteiger partial charge on any atom is -0.508 e. The average Bonchev–Trinajstić information content (AvgIpc) is 3.27. The average molecular weight is 469 g/mol. The van der Waals surface area contributed by atoms with Gasteiger partial charge in [0.15, 0.2) is 17.1 Å². The van der Waals surface area contributed by atoms with Crippen LogP contribution in [0.4, 0.5) is 0 Å². The summed E-state index contributed by atoms with van der Waals surface area (Å²) in [4.78, 5) is 7.20. The fourth-order valence-corrected chi connectivity index (χ4v) is 4.62. The standard InChI is InChI=1S/C25H28N4O3.ClH/c1-15-22-19(12-21(31-3)24(15)32-14-16-8-10-29(2)11-9-16)23(17-4-6-18(30)7-5-17)27-25-20(22)13-26-28-25;/h4-7,12-13,16,30H,8-11,14H2,1-3H3,(H,26,27,28);1H. The van der Waals surface area contributed by atoms with Gasteiger partial charge in [-0.25, -0.2) is 4.98 Å². The summed E-state index contributed by atoms with van der Waals surface area (Å²) in [6.07, 6.45) is 4.10. The number of rotatable bonds is 5. The molecule has 1 fully saturated rings. The summed E-state index contributed by atoms with van der Waals surface area (Å²) in [6, 6.07) is 9.08. The zero-order chi connectivity index (χ0) is 22.2. The van der Waals surface area contributed by atoms with Gasteiger partial charge < -0.3 is 19.5 Å². The number of phenolic OH excluding ortho intramolecular Hbond substituents is 1. The number of hydrogen-bond acceptors (Lipinski definition) is 6. The number of methoxy groups -OCH3 is 1. The maximum Gasteiger partial charge on any atom is 0.164 e. The molecule has 1 aliphatic rings. The predicted molar refractivity (Wildman–Crippen MR) is 133 cm³/mol. The highest BCUT2D eigenvalue weighted by atomic mass is 35.5. The number of fused-ring (bicyclic) bond motifs is 3. The number of H-pyrrole nitrogens is 1. The second-order valence-corrected chi connectivity index (χ2v) is 8.65. The van der Waals surface area contributed by atoms with Crippen molar-refractivity contribution in [1.82, 2.24) is 20.1 Å². The second kappa shape index (κ2) is 9.45. The molecule has 7 nitrogen and oxygen atoms in total. The molecule has 0 bridgehead atoms. The van der Waals surface area contributed by atoms with Gasteiger partial charge in [-0.3, -0.25) is 5.10 Å². The van der Waals surface area contributed by atoms with Gasteiger partial charge in [-0.1, -0.05) is 0 Å². The van der Waals surface area contributed by atoms with Gasteiger partial charge >= 0.3 is 0 Å². The lowest BCUT2D eigenvalue weighted by Gasteiger charge is -2.29. The number of hydrogen-bond donors (Lipinski definition) is 2. The van der Waals surface area contributed by atoms with Gasteiger partial charge in [0.2, 0.25) is 0 Å². The zero-order valence-electron chi connectivity index (χ0n) is 19.1. The van der Waals surface area contributed by atoms with Crippen molar-refractivity contribution in [2.24, 2.45) is 5.92 Å². The molecule has 4 aromatic rings. The third-order valence-corrected chi connectivity index (χ3v) is 6.51. The fourth-order valence-electron chi connectivity index (χ4n) is 4.62. The summed E-state index contributed by atoms with van der Waals surface area (Å²) in [5.41, 5.74) is 3.45. The Hall–Kier alpha value is -3.03. The van der Waals surface area contributed by atoms with Crippen molar-refractivity contribution in [3.63, 3.8) is 0 Å². The number of halogens is 1. The Bertz CT molecular complexity index is 1260. The van der Waals surface area contributed by atoms with E-state index in [0.717, 1.165) is 70.3 Å². The number of nitrogens with zero attached hydrogens (tertiary/aromatic N) is 3. The molecule has 0 amide bonds. The SMILES string of the molecule is COc1cc2c(-c3ccc(O)cc3)nc3[nH]ncc3c2c(C)c1OCC1CCN(C)CC1.Cl. The van der Waals surface area contributed by atoms with Gasteiger partial charge in [-0.2, -0.15) is 5.10 Å². The first-order chi connectivity index (χ1) is 15.5. The Morgan fingerprint density at radius 1 is 1.15 bits per heavy atom. The molecule has 0 saturated carbocycles. The van der Waals surface area contributed by atoms with Gasteiger partial charge in [0.1, 0.15) is 5.75 Å². The fraction of sp³-hybridized carbons (Fsp3) is 0.360. The summed E-state index contributed by atoms with van der Waals surface area (Å²) >= 11 is 0. The van der Waals surface area contributed by atoms with Crippen LogP contribution >= 0.6 is 12.4 Å². The highest BCUT2D eigenvalue weighted by Crippen LogP contribution is 2.43. The van der Waals surface area contributed by atoms with E-state index in [1.54, 1.807) is 19.2 Å². The molecule has 1 aliphatic heterocycles. The molecular formula is C25H29ClN4O3. The molecule has 2 aromatic carbocycles. The van der Waals surface area contributed by atoms with Crippen molar-refractivity contribution < 1.29 is 14.6 Å². The van der Waals surface area contributed by atoms with Crippen molar-refractivity contribution in [2.45, 2.75) is 19.8 Å². The lowest BCUT2D eigenvalue weighted by Crippen LogP contribution is -2.32. The molecule has 3 heterocycles. The molecule has 174 valence electrons. The monoisotopic (exact) mass is 468 g/mol. The molecule has 0 atom stereocenters. The number of phenols is 1. The van der Waals surface area contributed by atoms with Crippen LogP contribution in [0.5, 0.6) is 17.2 Å². The summed E-state index contributed by atoms with van der Waals surface area (Å²) in [5.74, 6) is 2.25. The quantitative estimate of drug-likeness (QED) is 0.431. The van der Waals surface area contributed by atoms with Crippen LogP contribution in [0.15, 0.2) is 36.5 Å². The number of nitrogens with one attached hydrogen (secondary N) is 1. The predicted octanol–water partition coefficient (Wildman–Crippen LogP) is 4.94. The Kier molecular flexibility index (Phi) is 6.63. The molecule has 33 heavy (non-hydrogen) atoms. The highest BCUT2D eigenvalue weighted by molar-refractivity contribution is 6.12. The lowest BCUT2D eigenvalue weighted by atomic mass is 9.96. The van der Waals surface area contributed by atoms with Gasteiger partial charge in [0, 0.05) is 27.3 Å². The van der Waals surface area contributed by atoms with Crippen LogP contribution in [0.3, 0.4) is 0 Å². The lowest BCUT2D eigenvalue weighted by molar-refractivity contribution is 0.157. The summed E-state index contributed by atoms with van der Waals surface area (Å²) in [6.45, 7) is 4.97. The van der Waals surface area contributed by atoms with E-state index in [0.29, 0.717) is 18.3 Å². The molecule has 0 spiro atoms. The molecular weight excluding hydrogens is 440 g/mol. The van der Waals surface area contributed by atoms with E-state index in [4.69, 9.17) is 14.5 Å². The molecule has 2 aromatic heterocycles. The van der Waals surface area contributed by atoms with Crippen molar-refractivity contribution in [2.75, 3.05) is 33.9 Å². The van der Waals surface area contributed by atoms with Gasteiger partial charge in [0.05, 0.1) is 25.6 Å². The van der Waals surface area contributed by atoms with Crippen LogP contribution in [0, 0.1) is 12.8 Å². The maximum absolute atomic E-state index is 9.72. The number of benzene rings is 2. The number of pyridine rings is 1. The zero-order valence-corrected chi connectivity index (χ0v) is 19.9. The number of aryl methyl sites for hydroxylation is 1. The normalized spacial score (nSPS) is 15.0. The second-order valence-electron chi connectivity index (χ2n) is 8.65. The number of aromatic amines is 1. The topological polar surface area (TPSA) is 83.5 Å². The Balaban J connectivity index is 0.00000259. The highest BCUT2D eigenvalue weighted by Gasteiger charge is 2.22. The van der Waals surface area contributed by atoms with Crippen molar-refractivity contribution >= 4 is 34.2 Å². The van der Waals surface area contributed by atoms with Crippen LogP contribution in [0.1, 0.15) is 18.4 Å². The number of ether oxygens (including phenoxy) is 2. The summed E-state index contributed by atoms with van der Waals surface area (Å²) in [7, 11) is 3.84. The van der Waals surface area contributed by atoms with E-state index in [1.165, 1.54) is 0 Å². The Labute approximate surface area is 199 Å². The van der Waals surface area contributed by atoms with Crippen LogP contribution < -0.4 is 9.47 Å². The number of aromatic nitrogens is 3. The van der Waals surface area contributed by atoms with E-state index >= 15 is 0 Å². The third-order valence-electron chi connectivity index (χ3n) is 6.51. The molecule has 0 unspecified atom stereocenters.